The Morgan fingerprint density at radius 3 is 2.88 bits per heavy atom. The Morgan fingerprint density at radius 1 is 1.42 bits per heavy atom. The van der Waals surface area contributed by atoms with E-state index >= 15 is 0 Å². The number of benzene rings is 1. The molecule has 1 N–H and O–H groups in total. The molecule has 126 valence electrons. The summed E-state index contributed by atoms with van der Waals surface area (Å²) in [5.74, 6) is 0.952. The molecule has 1 amide bonds. The van der Waals surface area contributed by atoms with Crippen molar-refractivity contribution in [3.05, 3.63) is 47.2 Å². The van der Waals surface area contributed by atoms with Crippen LogP contribution in [0.1, 0.15) is 25.8 Å². The van der Waals surface area contributed by atoms with Crippen LogP contribution in [0.25, 0.3) is 11.1 Å². The van der Waals surface area contributed by atoms with Gasteiger partial charge in [-0.05, 0) is 36.2 Å². The van der Waals surface area contributed by atoms with Gasteiger partial charge in [0.1, 0.15) is 11.9 Å². The Kier molecular flexibility index (Phi) is 5.05. The summed E-state index contributed by atoms with van der Waals surface area (Å²) in [6, 6.07) is 7.73. The van der Waals surface area contributed by atoms with Gasteiger partial charge in [-0.3, -0.25) is 9.78 Å². The molecule has 1 aromatic carbocycles. The minimum atomic E-state index is -0.0629. The summed E-state index contributed by atoms with van der Waals surface area (Å²) in [6.07, 6.45) is 5.02. The molecular weight excluding hydrogens is 324 g/mol. The number of ether oxygens (including phenoxy) is 1. The summed E-state index contributed by atoms with van der Waals surface area (Å²) in [5.41, 5.74) is 3.07. The van der Waals surface area contributed by atoms with E-state index in [9.17, 15) is 4.79 Å². The lowest BCUT2D eigenvalue weighted by Crippen LogP contribution is -2.37. The largest absolute Gasteiger partial charge is 0.487 e. The maximum absolute atomic E-state index is 12.0. The van der Waals surface area contributed by atoms with Crippen LogP contribution < -0.4 is 10.1 Å². The molecule has 3 rings (SSSR count). The van der Waals surface area contributed by atoms with Crippen LogP contribution >= 0.6 is 11.6 Å². The summed E-state index contributed by atoms with van der Waals surface area (Å²) in [6.45, 7) is 4.45. The Labute approximate surface area is 147 Å². The van der Waals surface area contributed by atoms with Crippen LogP contribution in [0.15, 0.2) is 36.7 Å². The molecule has 0 aliphatic carbocycles. The van der Waals surface area contributed by atoms with Crippen molar-refractivity contribution >= 4 is 17.5 Å². The first-order valence-electron chi connectivity index (χ1n) is 8.25. The normalized spacial score (nSPS) is 17.0. The Morgan fingerprint density at radius 2 is 2.17 bits per heavy atom. The zero-order valence-corrected chi connectivity index (χ0v) is 14.6. The fourth-order valence-corrected chi connectivity index (χ4v) is 3.07. The lowest BCUT2D eigenvalue weighted by Gasteiger charge is -2.15. The Hall–Kier alpha value is -2.07. The van der Waals surface area contributed by atoms with Gasteiger partial charge in [0.2, 0.25) is 5.91 Å². The third kappa shape index (κ3) is 3.54. The summed E-state index contributed by atoms with van der Waals surface area (Å²) < 4.78 is 6.12. The van der Waals surface area contributed by atoms with E-state index in [1.807, 2.05) is 38.1 Å². The second-order valence-corrected chi connectivity index (χ2v) is 6.61. The molecule has 0 radical (unpaired) electrons. The van der Waals surface area contributed by atoms with Gasteiger partial charge in [0.15, 0.2) is 0 Å². The van der Waals surface area contributed by atoms with Crippen molar-refractivity contribution in [1.82, 2.24) is 10.3 Å². The molecule has 4 nitrogen and oxygen atoms in total. The number of carbonyl (C=O) groups is 1. The van der Waals surface area contributed by atoms with E-state index in [0.717, 1.165) is 35.3 Å². The average Bonchev–Trinajstić information content (AvgIpc) is 3.01. The highest BCUT2D eigenvalue weighted by atomic mass is 35.5. The van der Waals surface area contributed by atoms with Crippen molar-refractivity contribution in [2.24, 2.45) is 5.92 Å². The van der Waals surface area contributed by atoms with E-state index in [0.29, 0.717) is 11.6 Å². The van der Waals surface area contributed by atoms with Gasteiger partial charge in [-0.2, -0.15) is 0 Å². The van der Waals surface area contributed by atoms with Gasteiger partial charge < -0.3 is 10.1 Å². The highest BCUT2D eigenvalue weighted by molar-refractivity contribution is 6.31. The molecule has 0 bridgehead atoms. The average molecular weight is 345 g/mol. The zero-order chi connectivity index (χ0) is 17.1. The van der Waals surface area contributed by atoms with Crippen LogP contribution in [-0.4, -0.2) is 23.5 Å². The maximum Gasteiger partial charge on any atom is 0.222 e. The molecule has 0 fully saturated rings. The van der Waals surface area contributed by atoms with E-state index in [1.165, 1.54) is 0 Å². The van der Waals surface area contributed by atoms with Crippen molar-refractivity contribution in [2.45, 2.75) is 32.8 Å². The molecular formula is C19H21ClN2O2. The first-order valence-corrected chi connectivity index (χ1v) is 8.63. The number of nitrogens with one attached hydrogen (secondary N) is 1. The first kappa shape index (κ1) is 16.8. The standard InChI is InChI=1S/C19H21ClN2O2/c1-3-12(2)19(23)22-11-16-9-14-8-15(20)10-17(18(14)24-16)13-4-6-21-7-5-13/h4-8,10,12,16H,3,9,11H2,1-2H3,(H,22,23)/t12-,16+/m1/s1. The molecule has 5 heteroatoms. The van der Waals surface area contributed by atoms with E-state index in [4.69, 9.17) is 16.3 Å². The maximum atomic E-state index is 12.0. The molecule has 0 unspecified atom stereocenters. The van der Waals surface area contributed by atoms with Crippen LogP contribution in [0.4, 0.5) is 0 Å². The van der Waals surface area contributed by atoms with Gasteiger partial charge in [-0.25, -0.2) is 0 Å². The minimum Gasteiger partial charge on any atom is -0.487 e. The fraction of sp³-hybridized carbons (Fsp3) is 0.368. The van der Waals surface area contributed by atoms with Crippen molar-refractivity contribution in [1.29, 1.82) is 0 Å². The van der Waals surface area contributed by atoms with Crippen LogP contribution in [0.3, 0.4) is 0 Å². The van der Waals surface area contributed by atoms with Gasteiger partial charge in [-0.1, -0.05) is 25.4 Å². The molecule has 0 saturated heterocycles. The number of halogens is 1. The number of rotatable bonds is 5. The third-order valence-electron chi connectivity index (χ3n) is 4.42. The smallest absolute Gasteiger partial charge is 0.222 e. The predicted octanol–water partition coefficient (Wildman–Crippen LogP) is 3.87. The molecule has 0 saturated carbocycles. The summed E-state index contributed by atoms with van der Waals surface area (Å²) in [5, 5.41) is 3.67. The zero-order valence-electron chi connectivity index (χ0n) is 13.9. The van der Waals surface area contributed by atoms with Gasteiger partial charge >= 0.3 is 0 Å². The lowest BCUT2D eigenvalue weighted by atomic mass is 10.0. The monoisotopic (exact) mass is 344 g/mol. The number of nitrogens with zero attached hydrogens (tertiary/aromatic N) is 1. The second-order valence-electron chi connectivity index (χ2n) is 6.18. The van der Waals surface area contributed by atoms with Crippen molar-refractivity contribution < 1.29 is 9.53 Å². The minimum absolute atomic E-state index is 0.0237. The predicted molar refractivity (Wildman–Crippen MR) is 95.3 cm³/mol. The van der Waals surface area contributed by atoms with E-state index in [-0.39, 0.29) is 17.9 Å². The molecule has 2 atom stereocenters. The van der Waals surface area contributed by atoms with Gasteiger partial charge in [-0.15, -0.1) is 0 Å². The number of hydrogen-bond donors (Lipinski definition) is 1. The summed E-state index contributed by atoms with van der Waals surface area (Å²) in [4.78, 5) is 16.0. The van der Waals surface area contributed by atoms with Crippen LogP contribution in [0.5, 0.6) is 5.75 Å². The van der Waals surface area contributed by atoms with E-state index in [1.54, 1.807) is 12.4 Å². The molecule has 1 aliphatic heterocycles. The van der Waals surface area contributed by atoms with Crippen LogP contribution in [0, 0.1) is 5.92 Å². The quantitative estimate of drug-likeness (QED) is 0.895. The number of pyridine rings is 1. The topological polar surface area (TPSA) is 51.2 Å². The molecule has 2 heterocycles. The highest BCUT2D eigenvalue weighted by Gasteiger charge is 2.27. The van der Waals surface area contributed by atoms with E-state index < -0.39 is 0 Å². The van der Waals surface area contributed by atoms with Crippen molar-refractivity contribution in [3.63, 3.8) is 0 Å². The second kappa shape index (κ2) is 7.22. The SMILES string of the molecule is CC[C@@H](C)C(=O)NC[C@@H]1Cc2cc(Cl)cc(-c3ccncc3)c2O1. The van der Waals surface area contributed by atoms with Crippen LogP contribution in [0.2, 0.25) is 5.02 Å². The van der Waals surface area contributed by atoms with Crippen molar-refractivity contribution in [3.8, 4) is 16.9 Å². The molecule has 1 aliphatic rings. The molecule has 0 spiro atoms. The molecule has 24 heavy (non-hydrogen) atoms. The van der Waals surface area contributed by atoms with E-state index in [2.05, 4.69) is 10.3 Å². The van der Waals surface area contributed by atoms with Crippen molar-refractivity contribution in [2.75, 3.05) is 6.54 Å². The number of carbonyl (C=O) groups excluding carboxylic acids is 1. The van der Waals surface area contributed by atoms with Gasteiger partial charge in [0.25, 0.3) is 0 Å². The summed E-state index contributed by atoms with van der Waals surface area (Å²) >= 11 is 6.27. The summed E-state index contributed by atoms with van der Waals surface area (Å²) in [7, 11) is 0. The highest BCUT2D eigenvalue weighted by Crippen LogP contribution is 2.40. The van der Waals surface area contributed by atoms with Crippen LogP contribution in [-0.2, 0) is 11.2 Å². The Bertz CT molecular complexity index is 734. The number of fused-ring (bicyclic) bond motifs is 1. The number of aromatic nitrogens is 1. The molecule has 1 aromatic heterocycles. The fourth-order valence-electron chi connectivity index (χ4n) is 2.83. The lowest BCUT2D eigenvalue weighted by molar-refractivity contribution is -0.124. The first-order chi connectivity index (χ1) is 11.6. The van der Waals surface area contributed by atoms with Gasteiger partial charge in [0, 0.05) is 40.9 Å². The Balaban J connectivity index is 1.76. The number of amides is 1. The third-order valence-corrected chi connectivity index (χ3v) is 4.64. The molecule has 2 aromatic rings. The number of hydrogen-bond acceptors (Lipinski definition) is 3. The van der Waals surface area contributed by atoms with Gasteiger partial charge in [0.05, 0.1) is 6.54 Å².